The SMILES string of the molecule is CCOC(=O)[C@@H](CC)/C(C)=N\NC(=O)c1cc2ccccc2cc1O. The third-order valence-electron chi connectivity index (χ3n) is 3.93. The van der Waals surface area contributed by atoms with Gasteiger partial charge in [-0.15, -0.1) is 0 Å². The highest BCUT2D eigenvalue weighted by Gasteiger charge is 2.21. The Morgan fingerprint density at radius 2 is 1.84 bits per heavy atom. The first-order chi connectivity index (χ1) is 12.0. The molecule has 0 radical (unpaired) electrons. The van der Waals surface area contributed by atoms with E-state index in [0.29, 0.717) is 18.7 Å². The van der Waals surface area contributed by atoms with E-state index in [0.717, 1.165) is 10.8 Å². The summed E-state index contributed by atoms with van der Waals surface area (Å²) in [5.74, 6) is -1.54. The zero-order chi connectivity index (χ0) is 18.4. The predicted molar refractivity (Wildman–Crippen MR) is 96.6 cm³/mol. The Balaban J connectivity index is 2.18. The topological polar surface area (TPSA) is 88.0 Å². The number of rotatable bonds is 6. The van der Waals surface area contributed by atoms with E-state index in [1.54, 1.807) is 19.9 Å². The number of phenols is 1. The van der Waals surface area contributed by atoms with Crippen LogP contribution in [0.4, 0.5) is 0 Å². The lowest BCUT2D eigenvalue weighted by molar-refractivity contribution is -0.145. The molecule has 0 heterocycles. The van der Waals surface area contributed by atoms with E-state index in [9.17, 15) is 14.7 Å². The molecule has 0 aromatic heterocycles. The van der Waals surface area contributed by atoms with Crippen molar-refractivity contribution in [1.29, 1.82) is 0 Å². The lowest BCUT2D eigenvalue weighted by atomic mass is 10.0. The molecular weight excluding hydrogens is 320 g/mol. The number of esters is 1. The van der Waals surface area contributed by atoms with Gasteiger partial charge in [0.25, 0.3) is 5.91 Å². The third kappa shape index (κ3) is 4.35. The fourth-order valence-electron chi connectivity index (χ4n) is 2.56. The fourth-order valence-corrected chi connectivity index (χ4v) is 2.56. The summed E-state index contributed by atoms with van der Waals surface area (Å²) >= 11 is 0. The summed E-state index contributed by atoms with van der Waals surface area (Å²) in [6.07, 6.45) is 0.519. The Labute approximate surface area is 146 Å². The van der Waals surface area contributed by atoms with E-state index >= 15 is 0 Å². The van der Waals surface area contributed by atoms with Gasteiger partial charge in [0.1, 0.15) is 5.75 Å². The lowest BCUT2D eigenvalue weighted by Crippen LogP contribution is -2.27. The lowest BCUT2D eigenvalue weighted by Gasteiger charge is -2.13. The normalized spacial score (nSPS) is 12.7. The molecule has 0 bridgehead atoms. The average Bonchev–Trinajstić information content (AvgIpc) is 2.60. The molecule has 0 unspecified atom stereocenters. The second-order valence-electron chi connectivity index (χ2n) is 5.62. The van der Waals surface area contributed by atoms with Gasteiger partial charge in [0.15, 0.2) is 0 Å². The monoisotopic (exact) mass is 342 g/mol. The summed E-state index contributed by atoms with van der Waals surface area (Å²) in [5, 5.41) is 15.8. The number of nitrogens with zero attached hydrogens (tertiary/aromatic N) is 1. The number of hydrogen-bond acceptors (Lipinski definition) is 5. The maximum Gasteiger partial charge on any atom is 0.314 e. The number of carbonyl (C=O) groups is 2. The van der Waals surface area contributed by atoms with Crippen molar-refractivity contribution < 1.29 is 19.4 Å². The number of ether oxygens (including phenoxy) is 1. The molecule has 0 saturated carbocycles. The first-order valence-corrected chi connectivity index (χ1v) is 8.20. The minimum absolute atomic E-state index is 0.124. The van der Waals surface area contributed by atoms with Crippen molar-refractivity contribution in [2.45, 2.75) is 27.2 Å². The van der Waals surface area contributed by atoms with Crippen LogP contribution in [-0.4, -0.2) is 29.3 Å². The molecule has 1 atom stereocenters. The van der Waals surface area contributed by atoms with Crippen molar-refractivity contribution >= 4 is 28.4 Å². The van der Waals surface area contributed by atoms with Crippen LogP contribution in [0.3, 0.4) is 0 Å². The molecule has 6 heteroatoms. The van der Waals surface area contributed by atoms with Crippen LogP contribution in [-0.2, 0) is 9.53 Å². The van der Waals surface area contributed by atoms with E-state index in [4.69, 9.17) is 4.74 Å². The van der Waals surface area contributed by atoms with Gasteiger partial charge in [-0.05, 0) is 43.2 Å². The molecule has 0 spiro atoms. The number of nitrogens with one attached hydrogen (secondary N) is 1. The smallest absolute Gasteiger partial charge is 0.314 e. The predicted octanol–water partition coefficient (Wildman–Crippen LogP) is 3.24. The molecule has 2 aromatic carbocycles. The Kier molecular flexibility index (Phi) is 6.11. The number of phenolic OH excluding ortho intramolecular Hbond substituents is 1. The van der Waals surface area contributed by atoms with E-state index < -0.39 is 11.8 Å². The molecule has 0 aliphatic heterocycles. The van der Waals surface area contributed by atoms with Crippen molar-refractivity contribution in [2.24, 2.45) is 11.0 Å². The standard InChI is InChI=1S/C19H22N2O4/c1-4-15(19(24)25-5-2)12(3)20-21-18(23)16-10-13-8-6-7-9-14(13)11-17(16)22/h6-11,15,22H,4-5H2,1-3H3,(H,21,23)/b20-12-/t15-/m0/s1. The van der Waals surface area contributed by atoms with Crippen LogP contribution < -0.4 is 5.43 Å². The zero-order valence-electron chi connectivity index (χ0n) is 14.6. The largest absolute Gasteiger partial charge is 0.507 e. The second-order valence-corrected chi connectivity index (χ2v) is 5.62. The van der Waals surface area contributed by atoms with Gasteiger partial charge in [0.05, 0.1) is 18.1 Å². The zero-order valence-corrected chi connectivity index (χ0v) is 14.6. The maximum atomic E-state index is 12.3. The molecule has 0 aliphatic carbocycles. The summed E-state index contributed by atoms with van der Waals surface area (Å²) in [7, 11) is 0. The molecular formula is C19H22N2O4. The van der Waals surface area contributed by atoms with Gasteiger partial charge in [0.2, 0.25) is 0 Å². The minimum Gasteiger partial charge on any atom is -0.507 e. The number of benzene rings is 2. The molecule has 0 saturated heterocycles. The van der Waals surface area contributed by atoms with Gasteiger partial charge in [-0.2, -0.15) is 5.10 Å². The molecule has 25 heavy (non-hydrogen) atoms. The minimum atomic E-state index is -0.540. The van der Waals surface area contributed by atoms with Gasteiger partial charge in [-0.3, -0.25) is 9.59 Å². The van der Waals surface area contributed by atoms with E-state index in [1.165, 1.54) is 6.07 Å². The number of carbonyl (C=O) groups excluding carboxylic acids is 2. The van der Waals surface area contributed by atoms with Gasteiger partial charge in [-0.1, -0.05) is 31.2 Å². The highest BCUT2D eigenvalue weighted by atomic mass is 16.5. The number of hydrogen-bond donors (Lipinski definition) is 2. The van der Waals surface area contributed by atoms with Crippen LogP contribution in [0.25, 0.3) is 10.8 Å². The molecule has 0 aliphatic rings. The van der Waals surface area contributed by atoms with Crippen molar-refractivity contribution in [3.63, 3.8) is 0 Å². The summed E-state index contributed by atoms with van der Waals surface area (Å²) in [6, 6.07) is 10.6. The summed E-state index contributed by atoms with van der Waals surface area (Å²) < 4.78 is 5.00. The average molecular weight is 342 g/mol. The maximum absolute atomic E-state index is 12.3. The highest BCUT2D eigenvalue weighted by molar-refractivity contribution is 6.04. The Morgan fingerprint density at radius 1 is 1.20 bits per heavy atom. The van der Waals surface area contributed by atoms with Gasteiger partial charge in [-0.25, -0.2) is 5.43 Å². The van der Waals surface area contributed by atoms with Crippen LogP contribution in [0.1, 0.15) is 37.6 Å². The van der Waals surface area contributed by atoms with Gasteiger partial charge in [0, 0.05) is 5.71 Å². The molecule has 1 amide bonds. The Hall–Kier alpha value is -2.89. The van der Waals surface area contributed by atoms with E-state index in [1.807, 2.05) is 31.2 Å². The number of hydrazone groups is 1. The van der Waals surface area contributed by atoms with Crippen LogP contribution in [0.2, 0.25) is 0 Å². The summed E-state index contributed by atoms with van der Waals surface area (Å²) in [6.45, 7) is 5.53. The first-order valence-electron chi connectivity index (χ1n) is 8.20. The fraction of sp³-hybridized carbons (Fsp3) is 0.316. The molecule has 2 rings (SSSR count). The number of amides is 1. The van der Waals surface area contributed by atoms with Crippen molar-refractivity contribution in [2.75, 3.05) is 6.61 Å². The van der Waals surface area contributed by atoms with E-state index in [-0.39, 0.29) is 17.3 Å². The van der Waals surface area contributed by atoms with Crippen molar-refractivity contribution in [3.05, 3.63) is 42.0 Å². The summed E-state index contributed by atoms with van der Waals surface area (Å²) in [4.78, 5) is 24.2. The number of fused-ring (bicyclic) bond motifs is 1. The number of aromatic hydroxyl groups is 1. The van der Waals surface area contributed by atoms with Crippen molar-refractivity contribution in [3.8, 4) is 5.75 Å². The third-order valence-corrected chi connectivity index (χ3v) is 3.93. The highest BCUT2D eigenvalue weighted by Crippen LogP contribution is 2.24. The quantitative estimate of drug-likeness (QED) is 0.479. The van der Waals surface area contributed by atoms with Crippen molar-refractivity contribution in [1.82, 2.24) is 5.43 Å². The van der Waals surface area contributed by atoms with Crippen LogP contribution in [0.5, 0.6) is 5.75 Å². The molecule has 2 N–H and O–H groups in total. The second kappa shape index (κ2) is 8.28. The molecule has 2 aromatic rings. The Morgan fingerprint density at radius 3 is 2.44 bits per heavy atom. The summed E-state index contributed by atoms with van der Waals surface area (Å²) in [5.41, 5.74) is 2.98. The first kappa shape index (κ1) is 18.4. The Bertz CT molecular complexity index is 814. The van der Waals surface area contributed by atoms with Gasteiger partial charge >= 0.3 is 5.97 Å². The molecule has 6 nitrogen and oxygen atoms in total. The van der Waals surface area contributed by atoms with Crippen LogP contribution in [0.15, 0.2) is 41.5 Å². The van der Waals surface area contributed by atoms with Crippen LogP contribution >= 0.6 is 0 Å². The molecule has 0 fully saturated rings. The van der Waals surface area contributed by atoms with Gasteiger partial charge < -0.3 is 9.84 Å². The molecule has 132 valence electrons. The van der Waals surface area contributed by atoms with Crippen LogP contribution in [0, 0.1) is 5.92 Å². The van der Waals surface area contributed by atoms with E-state index in [2.05, 4.69) is 10.5 Å².